The zero-order chi connectivity index (χ0) is 14.3. The van der Waals surface area contributed by atoms with Gasteiger partial charge in [0.15, 0.2) is 5.78 Å². The van der Waals surface area contributed by atoms with Crippen LogP contribution >= 0.6 is 0 Å². The monoisotopic (exact) mass is 272 g/mol. The van der Waals surface area contributed by atoms with Crippen molar-refractivity contribution in [1.29, 1.82) is 0 Å². The van der Waals surface area contributed by atoms with Gasteiger partial charge in [-0.2, -0.15) is 0 Å². The van der Waals surface area contributed by atoms with Crippen LogP contribution < -0.4 is 0 Å². The Morgan fingerprint density at radius 1 is 1.10 bits per heavy atom. The summed E-state index contributed by atoms with van der Waals surface area (Å²) in [5.41, 5.74) is 1.36. The lowest BCUT2D eigenvalue weighted by molar-refractivity contribution is 0.101. The summed E-state index contributed by atoms with van der Waals surface area (Å²) < 4.78 is 28.5. The minimum absolute atomic E-state index is 0.135. The highest BCUT2D eigenvalue weighted by atomic mass is 19.1. The first-order valence-electron chi connectivity index (χ1n) is 6.67. The van der Waals surface area contributed by atoms with Gasteiger partial charge in [0.05, 0.1) is 0 Å². The van der Waals surface area contributed by atoms with Gasteiger partial charge in [0.1, 0.15) is 11.6 Å². The molecule has 2 aromatic rings. The molecular formula is C17H14F2O. The summed E-state index contributed by atoms with van der Waals surface area (Å²) in [4.78, 5) is 11.6. The normalized spacial score (nSPS) is 14.3. The second-order valence-corrected chi connectivity index (χ2v) is 5.24. The molecule has 1 saturated carbocycles. The summed E-state index contributed by atoms with van der Waals surface area (Å²) in [6.45, 7) is 1.44. The number of hydrogen-bond donors (Lipinski definition) is 0. The van der Waals surface area contributed by atoms with Crippen LogP contribution in [0.1, 0.15) is 41.6 Å². The second-order valence-electron chi connectivity index (χ2n) is 5.24. The molecule has 0 atom stereocenters. The van der Waals surface area contributed by atoms with E-state index in [1.165, 1.54) is 25.1 Å². The Hall–Kier alpha value is -2.03. The van der Waals surface area contributed by atoms with Crippen molar-refractivity contribution in [3.8, 4) is 11.1 Å². The highest BCUT2D eigenvalue weighted by Gasteiger charge is 2.29. The third kappa shape index (κ3) is 2.24. The van der Waals surface area contributed by atoms with E-state index in [0.29, 0.717) is 11.1 Å². The molecular weight excluding hydrogens is 258 g/mol. The largest absolute Gasteiger partial charge is 0.295 e. The van der Waals surface area contributed by atoms with E-state index in [0.717, 1.165) is 12.8 Å². The first-order valence-corrected chi connectivity index (χ1v) is 6.67. The second kappa shape index (κ2) is 4.82. The Bertz CT molecular complexity index is 687. The highest BCUT2D eigenvalue weighted by molar-refractivity contribution is 5.95. The third-order valence-corrected chi connectivity index (χ3v) is 3.69. The van der Waals surface area contributed by atoms with E-state index < -0.39 is 11.6 Å². The van der Waals surface area contributed by atoms with Crippen molar-refractivity contribution in [3.63, 3.8) is 0 Å². The van der Waals surface area contributed by atoms with Crippen molar-refractivity contribution in [2.24, 2.45) is 0 Å². The first kappa shape index (κ1) is 13.0. The summed E-state index contributed by atoms with van der Waals surface area (Å²) in [5.74, 6) is -0.847. The molecule has 102 valence electrons. The quantitative estimate of drug-likeness (QED) is 0.739. The Kier molecular flexibility index (Phi) is 3.13. The van der Waals surface area contributed by atoms with E-state index in [2.05, 4.69) is 0 Å². The van der Waals surface area contributed by atoms with E-state index in [9.17, 15) is 13.6 Å². The molecule has 0 radical (unpaired) electrons. The summed E-state index contributed by atoms with van der Waals surface area (Å²) in [7, 11) is 0. The van der Waals surface area contributed by atoms with Crippen LogP contribution in [0, 0.1) is 11.6 Å². The first-order chi connectivity index (χ1) is 9.58. The summed E-state index contributed by atoms with van der Waals surface area (Å²) in [6, 6.07) is 9.12. The topological polar surface area (TPSA) is 17.1 Å². The van der Waals surface area contributed by atoms with Gasteiger partial charge in [0.2, 0.25) is 0 Å². The Morgan fingerprint density at radius 3 is 2.40 bits per heavy atom. The van der Waals surface area contributed by atoms with E-state index in [1.54, 1.807) is 18.2 Å². The summed E-state index contributed by atoms with van der Waals surface area (Å²) in [5, 5.41) is 0. The van der Waals surface area contributed by atoms with Crippen molar-refractivity contribution >= 4 is 5.78 Å². The molecule has 1 nitrogen and oxygen atoms in total. The number of rotatable bonds is 3. The SMILES string of the molecule is CC(=O)c1cc(-c2ccccc2F)c(F)c(C2CC2)c1. The van der Waals surface area contributed by atoms with Gasteiger partial charge < -0.3 is 0 Å². The molecule has 0 unspecified atom stereocenters. The van der Waals surface area contributed by atoms with Crippen molar-refractivity contribution in [2.45, 2.75) is 25.7 Å². The van der Waals surface area contributed by atoms with Gasteiger partial charge in [0.25, 0.3) is 0 Å². The van der Waals surface area contributed by atoms with Gasteiger partial charge in [0, 0.05) is 16.7 Å². The van der Waals surface area contributed by atoms with Crippen molar-refractivity contribution < 1.29 is 13.6 Å². The molecule has 1 fully saturated rings. The molecule has 1 aliphatic rings. The third-order valence-electron chi connectivity index (χ3n) is 3.69. The molecule has 20 heavy (non-hydrogen) atoms. The smallest absolute Gasteiger partial charge is 0.159 e. The lowest BCUT2D eigenvalue weighted by Crippen LogP contribution is -2.00. The Morgan fingerprint density at radius 2 is 1.80 bits per heavy atom. The number of benzene rings is 2. The fourth-order valence-electron chi connectivity index (χ4n) is 2.42. The number of ketones is 1. The molecule has 0 heterocycles. The van der Waals surface area contributed by atoms with Crippen LogP contribution in [0.4, 0.5) is 8.78 Å². The molecule has 0 saturated heterocycles. The van der Waals surface area contributed by atoms with Gasteiger partial charge in [-0.05, 0) is 49.4 Å². The molecule has 1 aliphatic carbocycles. The fourth-order valence-corrected chi connectivity index (χ4v) is 2.42. The molecule has 0 aromatic heterocycles. The molecule has 2 aromatic carbocycles. The van der Waals surface area contributed by atoms with Crippen LogP contribution in [0.2, 0.25) is 0 Å². The van der Waals surface area contributed by atoms with Crippen LogP contribution in [-0.2, 0) is 0 Å². The maximum atomic E-state index is 14.6. The van der Waals surface area contributed by atoms with Gasteiger partial charge in [-0.1, -0.05) is 18.2 Å². The number of Topliss-reactive ketones (excluding diaryl/α,β-unsaturated/α-hetero) is 1. The summed E-state index contributed by atoms with van der Waals surface area (Å²) in [6.07, 6.45) is 1.85. The number of halogens is 2. The van der Waals surface area contributed by atoms with Gasteiger partial charge >= 0.3 is 0 Å². The minimum Gasteiger partial charge on any atom is -0.295 e. The molecule has 0 amide bonds. The van der Waals surface area contributed by atoms with Crippen LogP contribution in [0.3, 0.4) is 0 Å². The molecule has 3 rings (SSSR count). The lowest BCUT2D eigenvalue weighted by Gasteiger charge is -2.11. The summed E-state index contributed by atoms with van der Waals surface area (Å²) >= 11 is 0. The van der Waals surface area contributed by atoms with Gasteiger partial charge in [-0.25, -0.2) is 8.78 Å². The standard InChI is InChI=1S/C17H14F2O/c1-10(20)12-8-14(11-6-7-11)17(19)15(9-12)13-4-2-3-5-16(13)18/h2-5,8-9,11H,6-7H2,1H3. The fraction of sp³-hybridized carbons (Fsp3) is 0.235. The molecule has 0 spiro atoms. The highest BCUT2D eigenvalue weighted by Crippen LogP contribution is 2.44. The zero-order valence-electron chi connectivity index (χ0n) is 11.1. The predicted octanol–water partition coefficient (Wildman–Crippen LogP) is 4.71. The minimum atomic E-state index is -0.478. The number of carbonyl (C=O) groups excluding carboxylic acids is 1. The van der Waals surface area contributed by atoms with Crippen LogP contribution in [0.25, 0.3) is 11.1 Å². The molecule has 0 aliphatic heterocycles. The maximum Gasteiger partial charge on any atom is 0.159 e. The van der Waals surface area contributed by atoms with Crippen molar-refractivity contribution in [1.82, 2.24) is 0 Å². The molecule has 0 N–H and O–H groups in total. The average molecular weight is 272 g/mol. The number of carbonyl (C=O) groups is 1. The van der Waals surface area contributed by atoms with E-state index >= 15 is 0 Å². The van der Waals surface area contributed by atoms with Crippen LogP contribution in [0.15, 0.2) is 36.4 Å². The van der Waals surface area contributed by atoms with E-state index in [-0.39, 0.29) is 22.8 Å². The molecule has 3 heteroatoms. The average Bonchev–Trinajstić information content (AvgIpc) is 3.24. The van der Waals surface area contributed by atoms with Gasteiger partial charge in [-0.15, -0.1) is 0 Å². The van der Waals surface area contributed by atoms with Crippen molar-refractivity contribution in [2.75, 3.05) is 0 Å². The van der Waals surface area contributed by atoms with E-state index in [4.69, 9.17) is 0 Å². The zero-order valence-corrected chi connectivity index (χ0v) is 11.1. The van der Waals surface area contributed by atoms with Gasteiger partial charge in [-0.3, -0.25) is 4.79 Å². The number of hydrogen-bond acceptors (Lipinski definition) is 1. The Labute approximate surface area is 116 Å². The van der Waals surface area contributed by atoms with E-state index in [1.807, 2.05) is 0 Å². The lowest BCUT2D eigenvalue weighted by atomic mass is 9.95. The molecule has 0 bridgehead atoms. The Balaban J connectivity index is 2.24. The van der Waals surface area contributed by atoms with Crippen molar-refractivity contribution in [3.05, 3.63) is 59.2 Å². The predicted molar refractivity (Wildman–Crippen MR) is 73.8 cm³/mol. The van der Waals surface area contributed by atoms with Crippen LogP contribution in [0.5, 0.6) is 0 Å². The maximum absolute atomic E-state index is 14.6. The van der Waals surface area contributed by atoms with Crippen LogP contribution in [-0.4, -0.2) is 5.78 Å².